The second kappa shape index (κ2) is 4.28. The van der Waals surface area contributed by atoms with E-state index in [2.05, 4.69) is 16.9 Å². The number of imidazole rings is 1. The lowest BCUT2D eigenvalue weighted by molar-refractivity contribution is 0.572. The molecular formula is C12H15N3. The van der Waals surface area contributed by atoms with Crippen LogP contribution in [0.15, 0.2) is 42.7 Å². The monoisotopic (exact) mass is 201 g/mol. The molecule has 0 aliphatic heterocycles. The lowest BCUT2D eigenvalue weighted by atomic mass is 9.95. The fourth-order valence-corrected chi connectivity index (χ4v) is 1.66. The van der Waals surface area contributed by atoms with Gasteiger partial charge in [0, 0.05) is 24.4 Å². The minimum absolute atomic E-state index is 0.0163. The van der Waals surface area contributed by atoms with Crippen LogP contribution < -0.4 is 5.73 Å². The Hall–Kier alpha value is -1.61. The molecule has 0 fully saturated rings. The summed E-state index contributed by atoms with van der Waals surface area (Å²) in [4.78, 5) is 7.32. The van der Waals surface area contributed by atoms with Gasteiger partial charge in [-0.05, 0) is 5.56 Å². The van der Waals surface area contributed by atoms with Crippen LogP contribution in [0, 0.1) is 0 Å². The Balaban J connectivity index is 2.18. The van der Waals surface area contributed by atoms with Crippen molar-refractivity contribution < 1.29 is 0 Å². The molecule has 3 N–H and O–H groups in total. The van der Waals surface area contributed by atoms with Gasteiger partial charge < -0.3 is 10.7 Å². The zero-order chi connectivity index (χ0) is 10.7. The van der Waals surface area contributed by atoms with Crippen molar-refractivity contribution in [2.75, 3.05) is 0 Å². The number of rotatable bonds is 3. The molecular weight excluding hydrogens is 186 g/mol. The molecule has 1 aromatic heterocycles. The maximum absolute atomic E-state index is 6.17. The van der Waals surface area contributed by atoms with Crippen molar-refractivity contribution >= 4 is 0 Å². The lowest BCUT2D eigenvalue weighted by Crippen LogP contribution is -2.18. The minimum atomic E-state index is -0.0163. The molecule has 15 heavy (non-hydrogen) atoms. The first-order chi connectivity index (χ1) is 7.29. The molecule has 2 rings (SSSR count). The van der Waals surface area contributed by atoms with Crippen molar-refractivity contribution in [1.82, 2.24) is 9.97 Å². The van der Waals surface area contributed by atoms with Gasteiger partial charge in [0.15, 0.2) is 0 Å². The highest BCUT2D eigenvalue weighted by atomic mass is 14.9. The van der Waals surface area contributed by atoms with E-state index < -0.39 is 0 Å². The first kappa shape index (κ1) is 9.93. The molecule has 2 aromatic rings. The normalized spacial score (nSPS) is 14.8. The smallest absolute Gasteiger partial charge is 0.110 e. The van der Waals surface area contributed by atoms with Crippen molar-refractivity contribution in [2.45, 2.75) is 18.9 Å². The SMILES string of the molecule is CC(c1ncc[nH]1)C(N)c1ccccc1. The van der Waals surface area contributed by atoms with E-state index in [-0.39, 0.29) is 12.0 Å². The topological polar surface area (TPSA) is 54.7 Å². The zero-order valence-corrected chi connectivity index (χ0v) is 8.72. The van der Waals surface area contributed by atoms with Crippen molar-refractivity contribution in [3.8, 4) is 0 Å². The van der Waals surface area contributed by atoms with Crippen LogP contribution in [-0.2, 0) is 0 Å². The van der Waals surface area contributed by atoms with Gasteiger partial charge >= 0.3 is 0 Å². The van der Waals surface area contributed by atoms with Gasteiger partial charge in [-0.15, -0.1) is 0 Å². The molecule has 0 radical (unpaired) electrons. The van der Waals surface area contributed by atoms with Gasteiger partial charge in [0.25, 0.3) is 0 Å². The number of hydrogen-bond acceptors (Lipinski definition) is 2. The molecule has 0 saturated heterocycles. The number of aromatic nitrogens is 2. The van der Waals surface area contributed by atoms with Crippen LogP contribution >= 0.6 is 0 Å². The number of nitrogens with one attached hydrogen (secondary N) is 1. The first-order valence-corrected chi connectivity index (χ1v) is 5.09. The van der Waals surface area contributed by atoms with Crippen LogP contribution in [0.1, 0.15) is 30.3 Å². The second-order valence-corrected chi connectivity index (χ2v) is 3.70. The Morgan fingerprint density at radius 1 is 1.27 bits per heavy atom. The molecule has 0 spiro atoms. The molecule has 0 aliphatic carbocycles. The fraction of sp³-hybridized carbons (Fsp3) is 0.250. The standard InChI is InChI=1S/C12H15N3/c1-9(12-14-7-8-15-12)11(13)10-5-3-2-4-6-10/h2-9,11H,13H2,1H3,(H,14,15). The van der Waals surface area contributed by atoms with Gasteiger partial charge in [-0.25, -0.2) is 4.98 Å². The number of nitrogens with two attached hydrogens (primary N) is 1. The third kappa shape index (κ3) is 2.07. The summed E-state index contributed by atoms with van der Waals surface area (Å²) < 4.78 is 0. The van der Waals surface area contributed by atoms with E-state index in [0.717, 1.165) is 11.4 Å². The van der Waals surface area contributed by atoms with E-state index in [1.807, 2.05) is 36.5 Å². The summed E-state index contributed by atoms with van der Waals surface area (Å²) in [7, 11) is 0. The number of hydrogen-bond donors (Lipinski definition) is 2. The maximum Gasteiger partial charge on any atom is 0.110 e. The van der Waals surface area contributed by atoms with Crippen molar-refractivity contribution in [1.29, 1.82) is 0 Å². The van der Waals surface area contributed by atoms with Gasteiger partial charge in [0.05, 0.1) is 0 Å². The summed E-state index contributed by atoms with van der Waals surface area (Å²) in [5.74, 6) is 1.13. The molecule has 3 nitrogen and oxygen atoms in total. The highest BCUT2D eigenvalue weighted by molar-refractivity contribution is 5.21. The Morgan fingerprint density at radius 3 is 2.60 bits per heavy atom. The Morgan fingerprint density at radius 2 is 2.00 bits per heavy atom. The Kier molecular flexibility index (Phi) is 2.83. The molecule has 0 amide bonds. The third-order valence-electron chi connectivity index (χ3n) is 2.67. The van der Waals surface area contributed by atoms with E-state index in [1.165, 1.54) is 0 Å². The van der Waals surface area contributed by atoms with Crippen LogP contribution in [0.4, 0.5) is 0 Å². The molecule has 3 heteroatoms. The highest BCUT2D eigenvalue weighted by Gasteiger charge is 2.17. The molecule has 0 saturated carbocycles. The summed E-state index contributed by atoms with van der Waals surface area (Å²) >= 11 is 0. The maximum atomic E-state index is 6.17. The third-order valence-corrected chi connectivity index (χ3v) is 2.67. The Bertz CT molecular complexity index is 394. The van der Waals surface area contributed by atoms with Gasteiger partial charge in [-0.1, -0.05) is 37.3 Å². The summed E-state index contributed by atoms with van der Waals surface area (Å²) in [6.07, 6.45) is 3.58. The number of aromatic amines is 1. The van der Waals surface area contributed by atoms with Gasteiger partial charge in [0.2, 0.25) is 0 Å². The van der Waals surface area contributed by atoms with E-state index in [9.17, 15) is 0 Å². The van der Waals surface area contributed by atoms with Crippen molar-refractivity contribution in [2.24, 2.45) is 5.73 Å². The zero-order valence-electron chi connectivity index (χ0n) is 8.72. The minimum Gasteiger partial charge on any atom is -0.348 e. The largest absolute Gasteiger partial charge is 0.348 e. The van der Waals surface area contributed by atoms with Crippen LogP contribution in [0.5, 0.6) is 0 Å². The number of H-pyrrole nitrogens is 1. The van der Waals surface area contributed by atoms with Gasteiger partial charge in [-0.2, -0.15) is 0 Å². The molecule has 1 heterocycles. The second-order valence-electron chi connectivity index (χ2n) is 3.70. The van der Waals surface area contributed by atoms with E-state index in [0.29, 0.717) is 0 Å². The number of nitrogens with zero attached hydrogens (tertiary/aromatic N) is 1. The molecule has 78 valence electrons. The van der Waals surface area contributed by atoms with Crippen LogP contribution in [0.3, 0.4) is 0 Å². The van der Waals surface area contributed by atoms with Gasteiger partial charge in [0.1, 0.15) is 5.82 Å². The van der Waals surface area contributed by atoms with Gasteiger partial charge in [-0.3, -0.25) is 0 Å². The molecule has 1 aromatic carbocycles. The highest BCUT2D eigenvalue weighted by Crippen LogP contribution is 2.25. The van der Waals surface area contributed by atoms with Crippen LogP contribution in [-0.4, -0.2) is 9.97 Å². The first-order valence-electron chi connectivity index (χ1n) is 5.09. The Labute approximate surface area is 89.4 Å². The number of benzene rings is 1. The molecule has 0 bridgehead atoms. The van der Waals surface area contributed by atoms with E-state index >= 15 is 0 Å². The van der Waals surface area contributed by atoms with Crippen LogP contribution in [0.25, 0.3) is 0 Å². The average molecular weight is 201 g/mol. The predicted octanol–water partition coefficient (Wildman–Crippen LogP) is 2.21. The van der Waals surface area contributed by atoms with E-state index in [4.69, 9.17) is 5.73 Å². The average Bonchev–Trinajstić information content (AvgIpc) is 2.82. The quantitative estimate of drug-likeness (QED) is 0.800. The van der Waals surface area contributed by atoms with Crippen LogP contribution in [0.2, 0.25) is 0 Å². The molecule has 2 unspecified atom stereocenters. The van der Waals surface area contributed by atoms with Crippen molar-refractivity contribution in [3.05, 3.63) is 54.1 Å². The van der Waals surface area contributed by atoms with Crippen molar-refractivity contribution in [3.63, 3.8) is 0 Å². The summed E-state index contributed by atoms with van der Waals surface area (Å²) in [5.41, 5.74) is 7.31. The molecule has 0 aliphatic rings. The fourth-order valence-electron chi connectivity index (χ4n) is 1.66. The summed E-state index contributed by atoms with van der Waals surface area (Å²) in [6, 6.07) is 10.1. The molecule has 2 atom stereocenters. The predicted molar refractivity (Wildman–Crippen MR) is 60.4 cm³/mol. The summed E-state index contributed by atoms with van der Waals surface area (Å²) in [5, 5.41) is 0. The van der Waals surface area contributed by atoms with E-state index in [1.54, 1.807) is 6.20 Å². The lowest BCUT2D eigenvalue weighted by Gasteiger charge is -2.18. The summed E-state index contributed by atoms with van der Waals surface area (Å²) in [6.45, 7) is 2.08.